The lowest BCUT2D eigenvalue weighted by Crippen LogP contribution is -2.39. The largest absolute Gasteiger partial charge is 0.495 e. The normalized spacial score (nSPS) is 11.5. The van der Waals surface area contributed by atoms with Gasteiger partial charge in [0.25, 0.3) is 5.91 Å². The van der Waals surface area contributed by atoms with E-state index in [2.05, 4.69) is 10.5 Å². The molecule has 1 N–H and O–H groups in total. The van der Waals surface area contributed by atoms with Gasteiger partial charge in [0.15, 0.2) is 0 Å². The maximum atomic E-state index is 13.6. The third kappa shape index (κ3) is 7.14. The van der Waals surface area contributed by atoms with Gasteiger partial charge in [-0.3, -0.25) is 4.79 Å². The van der Waals surface area contributed by atoms with Crippen LogP contribution in [0.4, 0.5) is 0 Å². The van der Waals surface area contributed by atoms with Gasteiger partial charge in [0.05, 0.1) is 26.5 Å². The summed E-state index contributed by atoms with van der Waals surface area (Å²) < 4.78 is 39.0. The van der Waals surface area contributed by atoms with Crippen molar-refractivity contribution in [2.24, 2.45) is 5.10 Å². The molecule has 0 unspecified atom stereocenters. The third-order valence-corrected chi connectivity index (χ3v) is 6.87. The molecule has 0 atom stereocenters. The minimum Gasteiger partial charge on any atom is -0.495 e. The summed E-state index contributed by atoms with van der Waals surface area (Å²) in [5.74, 6) is 0.378. The lowest BCUT2D eigenvalue weighted by Gasteiger charge is -2.23. The Balaban J connectivity index is 1.79. The Morgan fingerprint density at radius 3 is 2.43 bits per heavy atom. The Kier molecular flexibility index (Phi) is 8.99. The van der Waals surface area contributed by atoms with E-state index in [1.165, 1.54) is 19.4 Å². The van der Waals surface area contributed by atoms with Crippen LogP contribution in [0, 0.1) is 6.92 Å². The molecule has 0 saturated carbocycles. The number of nitrogens with one attached hydrogen (secondary N) is 1. The van der Waals surface area contributed by atoms with Crippen LogP contribution in [0.25, 0.3) is 0 Å². The fraction of sp³-hybridized carbons (Fsp3) is 0.231. The molecule has 9 heteroatoms. The van der Waals surface area contributed by atoms with Gasteiger partial charge in [-0.05, 0) is 66.9 Å². The molecular formula is C26H29N3O5S. The van der Waals surface area contributed by atoms with Crippen LogP contribution in [0.5, 0.6) is 11.5 Å². The third-order valence-electron chi connectivity index (χ3n) is 5.05. The standard InChI is InChI=1S/C26H29N3O5S/c1-4-34-23-13-11-21(12-14-23)17-27-28-26(30)19-29(18-22-8-6-5-7-9-22)35(31,32)25-16-20(2)10-15-24(25)33-3/h5-17H,4,18-19H2,1-3H3,(H,28,30)/b27-17+. The lowest BCUT2D eigenvalue weighted by molar-refractivity contribution is -0.121. The Labute approximate surface area is 206 Å². The summed E-state index contributed by atoms with van der Waals surface area (Å²) in [6.07, 6.45) is 1.48. The number of sulfonamides is 1. The van der Waals surface area contributed by atoms with Crippen molar-refractivity contribution in [2.75, 3.05) is 20.3 Å². The Morgan fingerprint density at radius 1 is 1.06 bits per heavy atom. The van der Waals surface area contributed by atoms with Crippen molar-refractivity contribution in [3.63, 3.8) is 0 Å². The van der Waals surface area contributed by atoms with E-state index in [1.54, 1.807) is 55.5 Å². The SMILES string of the molecule is CCOc1ccc(/C=N/NC(=O)CN(Cc2ccccc2)S(=O)(=O)c2cc(C)ccc2OC)cc1. The van der Waals surface area contributed by atoms with Crippen molar-refractivity contribution < 1.29 is 22.7 Å². The zero-order chi connectivity index (χ0) is 25.3. The van der Waals surface area contributed by atoms with Crippen molar-refractivity contribution in [3.05, 3.63) is 89.5 Å². The fourth-order valence-electron chi connectivity index (χ4n) is 3.33. The van der Waals surface area contributed by atoms with Crippen LogP contribution in [-0.4, -0.2) is 45.1 Å². The topological polar surface area (TPSA) is 97.3 Å². The molecule has 3 rings (SSSR count). The van der Waals surface area contributed by atoms with Crippen molar-refractivity contribution in [1.82, 2.24) is 9.73 Å². The number of benzene rings is 3. The molecular weight excluding hydrogens is 466 g/mol. The number of hydrogen-bond acceptors (Lipinski definition) is 6. The van der Waals surface area contributed by atoms with Crippen LogP contribution >= 0.6 is 0 Å². The van der Waals surface area contributed by atoms with Gasteiger partial charge in [-0.25, -0.2) is 13.8 Å². The molecule has 8 nitrogen and oxygen atoms in total. The number of carbonyl (C=O) groups is 1. The maximum Gasteiger partial charge on any atom is 0.255 e. The number of aryl methyl sites for hydroxylation is 1. The smallest absolute Gasteiger partial charge is 0.255 e. The van der Waals surface area contributed by atoms with Crippen LogP contribution in [0.1, 0.15) is 23.6 Å². The number of ether oxygens (including phenoxy) is 2. The molecule has 0 aliphatic carbocycles. The number of rotatable bonds is 11. The molecule has 0 aromatic heterocycles. The molecule has 0 bridgehead atoms. The van der Waals surface area contributed by atoms with E-state index in [0.717, 1.165) is 26.7 Å². The molecule has 0 aliphatic rings. The average Bonchev–Trinajstić information content (AvgIpc) is 2.85. The van der Waals surface area contributed by atoms with Gasteiger partial charge in [0.2, 0.25) is 10.0 Å². The predicted octanol–water partition coefficient (Wildman–Crippen LogP) is 3.74. The highest BCUT2D eigenvalue weighted by Crippen LogP contribution is 2.28. The van der Waals surface area contributed by atoms with Crippen molar-refractivity contribution in [2.45, 2.75) is 25.3 Å². The van der Waals surface area contributed by atoms with Crippen LogP contribution < -0.4 is 14.9 Å². The summed E-state index contributed by atoms with van der Waals surface area (Å²) in [6, 6.07) is 21.2. The maximum absolute atomic E-state index is 13.6. The Bertz CT molecular complexity index is 1260. The van der Waals surface area contributed by atoms with Gasteiger partial charge in [0.1, 0.15) is 16.4 Å². The molecule has 184 valence electrons. The van der Waals surface area contributed by atoms with Crippen molar-refractivity contribution in [1.29, 1.82) is 0 Å². The van der Waals surface area contributed by atoms with E-state index in [9.17, 15) is 13.2 Å². The minimum absolute atomic E-state index is 0.00150. The lowest BCUT2D eigenvalue weighted by atomic mass is 10.2. The number of hydrogen-bond donors (Lipinski definition) is 1. The van der Waals surface area contributed by atoms with E-state index in [1.807, 2.05) is 25.1 Å². The first-order valence-electron chi connectivity index (χ1n) is 11.1. The summed E-state index contributed by atoms with van der Waals surface area (Å²) in [6.45, 7) is 3.86. The quantitative estimate of drug-likeness (QED) is 0.323. The van der Waals surface area contributed by atoms with Gasteiger partial charge in [-0.2, -0.15) is 9.41 Å². The monoisotopic (exact) mass is 495 g/mol. The number of nitrogens with zero attached hydrogens (tertiary/aromatic N) is 2. The van der Waals surface area contributed by atoms with E-state index in [4.69, 9.17) is 9.47 Å². The number of hydrazone groups is 1. The summed E-state index contributed by atoms with van der Waals surface area (Å²) in [7, 11) is -2.66. The van der Waals surface area contributed by atoms with E-state index in [0.29, 0.717) is 6.61 Å². The minimum atomic E-state index is -4.07. The zero-order valence-electron chi connectivity index (χ0n) is 20.0. The molecule has 1 amide bonds. The van der Waals surface area contributed by atoms with Crippen molar-refractivity contribution >= 4 is 22.1 Å². The van der Waals surface area contributed by atoms with Crippen LogP contribution in [0.2, 0.25) is 0 Å². The molecule has 0 saturated heterocycles. The van der Waals surface area contributed by atoms with Gasteiger partial charge >= 0.3 is 0 Å². The van der Waals surface area contributed by atoms with Crippen molar-refractivity contribution in [3.8, 4) is 11.5 Å². The average molecular weight is 496 g/mol. The first-order valence-corrected chi connectivity index (χ1v) is 12.5. The highest BCUT2D eigenvalue weighted by atomic mass is 32.2. The van der Waals surface area contributed by atoms with E-state index in [-0.39, 0.29) is 17.2 Å². The van der Waals surface area contributed by atoms with Crippen LogP contribution in [-0.2, 0) is 21.4 Å². The number of carbonyl (C=O) groups excluding carboxylic acids is 1. The second-order valence-electron chi connectivity index (χ2n) is 7.71. The molecule has 35 heavy (non-hydrogen) atoms. The first kappa shape index (κ1) is 25.9. The van der Waals surface area contributed by atoms with E-state index >= 15 is 0 Å². The molecule has 0 spiro atoms. The number of amides is 1. The number of methoxy groups -OCH3 is 1. The van der Waals surface area contributed by atoms with Crippen LogP contribution in [0.15, 0.2) is 82.8 Å². The van der Waals surface area contributed by atoms with Gasteiger partial charge < -0.3 is 9.47 Å². The Hall–Kier alpha value is -3.69. The molecule has 0 heterocycles. The molecule has 3 aromatic carbocycles. The summed E-state index contributed by atoms with van der Waals surface area (Å²) >= 11 is 0. The fourth-order valence-corrected chi connectivity index (χ4v) is 4.95. The molecule has 0 aliphatic heterocycles. The first-order chi connectivity index (χ1) is 16.8. The van der Waals surface area contributed by atoms with Gasteiger partial charge in [0, 0.05) is 6.54 Å². The molecule has 3 aromatic rings. The Morgan fingerprint density at radius 2 is 1.77 bits per heavy atom. The zero-order valence-corrected chi connectivity index (χ0v) is 20.8. The second kappa shape index (κ2) is 12.1. The summed E-state index contributed by atoms with van der Waals surface area (Å²) in [4.78, 5) is 12.7. The van der Waals surface area contributed by atoms with E-state index < -0.39 is 22.5 Å². The summed E-state index contributed by atoms with van der Waals surface area (Å²) in [5, 5.41) is 3.97. The predicted molar refractivity (Wildman–Crippen MR) is 135 cm³/mol. The van der Waals surface area contributed by atoms with Gasteiger partial charge in [-0.15, -0.1) is 0 Å². The highest BCUT2D eigenvalue weighted by molar-refractivity contribution is 7.89. The molecule has 0 fully saturated rings. The van der Waals surface area contributed by atoms with Crippen LogP contribution in [0.3, 0.4) is 0 Å². The van der Waals surface area contributed by atoms with Gasteiger partial charge in [-0.1, -0.05) is 36.4 Å². The summed E-state index contributed by atoms with van der Waals surface area (Å²) in [5.41, 5.74) is 4.67. The second-order valence-corrected chi connectivity index (χ2v) is 9.61. The molecule has 0 radical (unpaired) electrons. The highest BCUT2D eigenvalue weighted by Gasteiger charge is 2.30.